The number of benzene rings is 1. The average Bonchev–Trinajstić information content (AvgIpc) is 2.45. The summed E-state index contributed by atoms with van der Waals surface area (Å²) in [5.74, 6) is 0. The van der Waals surface area contributed by atoms with Crippen molar-refractivity contribution in [3.05, 3.63) is 85.2 Å². The number of nitrogens with zero attached hydrogens (tertiary/aromatic N) is 1. The SMILES string of the molecule is C=CCC[n+]1ccccc1C(=C)c1ccccc1. The van der Waals surface area contributed by atoms with Crippen molar-refractivity contribution >= 4 is 5.57 Å². The van der Waals surface area contributed by atoms with Gasteiger partial charge in [0.1, 0.15) is 0 Å². The van der Waals surface area contributed by atoms with E-state index in [0.717, 1.165) is 29.8 Å². The number of hydrogen-bond acceptors (Lipinski definition) is 0. The minimum Gasteiger partial charge on any atom is -0.198 e. The molecular weight excluding hydrogens is 218 g/mol. The van der Waals surface area contributed by atoms with Crippen molar-refractivity contribution < 1.29 is 4.57 Å². The number of aryl methyl sites for hydroxylation is 1. The molecule has 0 saturated heterocycles. The van der Waals surface area contributed by atoms with E-state index >= 15 is 0 Å². The van der Waals surface area contributed by atoms with E-state index in [9.17, 15) is 0 Å². The fourth-order valence-electron chi connectivity index (χ4n) is 1.96. The molecule has 0 N–H and O–H groups in total. The Morgan fingerprint density at radius 1 is 1.06 bits per heavy atom. The largest absolute Gasteiger partial charge is 0.212 e. The third-order valence-electron chi connectivity index (χ3n) is 2.95. The minimum absolute atomic E-state index is 0.936. The van der Waals surface area contributed by atoms with Crippen LogP contribution in [0.3, 0.4) is 0 Å². The van der Waals surface area contributed by atoms with Gasteiger partial charge in [-0.1, -0.05) is 43.0 Å². The summed E-state index contributed by atoms with van der Waals surface area (Å²) in [5.41, 5.74) is 3.38. The molecule has 0 atom stereocenters. The number of allylic oxidation sites excluding steroid dienone is 1. The predicted molar refractivity (Wildman–Crippen MR) is 76.0 cm³/mol. The summed E-state index contributed by atoms with van der Waals surface area (Å²) >= 11 is 0. The van der Waals surface area contributed by atoms with Crippen LogP contribution >= 0.6 is 0 Å². The molecule has 90 valence electrons. The van der Waals surface area contributed by atoms with Gasteiger partial charge in [0.25, 0.3) is 0 Å². The molecule has 0 unspecified atom stereocenters. The van der Waals surface area contributed by atoms with Crippen LogP contribution in [0.25, 0.3) is 5.57 Å². The first kappa shape index (κ1) is 12.3. The zero-order valence-corrected chi connectivity index (χ0v) is 10.5. The molecule has 0 radical (unpaired) electrons. The fourth-order valence-corrected chi connectivity index (χ4v) is 1.96. The molecule has 1 heterocycles. The molecule has 18 heavy (non-hydrogen) atoms. The van der Waals surface area contributed by atoms with E-state index in [-0.39, 0.29) is 0 Å². The van der Waals surface area contributed by atoms with Gasteiger partial charge in [-0.05, 0) is 11.6 Å². The Bertz CT molecular complexity index is 541. The van der Waals surface area contributed by atoms with Crippen molar-refractivity contribution in [3.8, 4) is 0 Å². The van der Waals surface area contributed by atoms with Crippen LogP contribution in [0.2, 0.25) is 0 Å². The van der Waals surface area contributed by atoms with Gasteiger partial charge in [0.2, 0.25) is 5.69 Å². The van der Waals surface area contributed by atoms with E-state index in [1.807, 2.05) is 36.4 Å². The molecule has 0 saturated carbocycles. The Morgan fingerprint density at radius 2 is 1.78 bits per heavy atom. The van der Waals surface area contributed by atoms with Crippen molar-refractivity contribution in [2.45, 2.75) is 13.0 Å². The highest BCUT2D eigenvalue weighted by atomic mass is 14.9. The van der Waals surface area contributed by atoms with Gasteiger partial charge in [0.05, 0.1) is 0 Å². The molecule has 1 heteroatoms. The number of aromatic nitrogens is 1. The van der Waals surface area contributed by atoms with Crippen LogP contribution in [-0.2, 0) is 6.54 Å². The highest BCUT2D eigenvalue weighted by Gasteiger charge is 2.13. The molecule has 1 aromatic carbocycles. The van der Waals surface area contributed by atoms with Crippen molar-refractivity contribution in [1.29, 1.82) is 0 Å². The summed E-state index contributed by atoms with van der Waals surface area (Å²) in [6.45, 7) is 8.93. The van der Waals surface area contributed by atoms with Crippen LogP contribution in [-0.4, -0.2) is 0 Å². The topological polar surface area (TPSA) is 3.88 Å². The standard InChI is InChI=1S/C17H18N/c1-3-4-13-18-14-9-8-12-17(18)15(2)16-10-6-5-7-11-16/h3,5-12,14H,1-2,4,13H2/q+1. The Balaban J connectivity index is 2.33. The molecular formula is C17H18N+. The van der Waals surface area contributed by atoms with E-state index in [0.29, 0.717) is 0 Å². The van der Waals surface area contributed by atoms with Crippen molar-refractivity contribution in [2.75, 3.05) is 0 Å². The normalized spacial score (nSPS) is 10.0. The third-order valence-corrected chi connectivity index (χ3v) is 2.95. The van der Waals surface area contributed by atoms with Crippen LogP contribution in [0.4, 0.5) is 0 Å². The zero-order valence-electron chi connectivity index (χ0n) is 10.5. The number of pyridine rings is 1. The second kappa shape index (κ2) is 5.97. The first-order valence-electron chi connectivity index (χ1n) is 6.17. The van der Waals surface area contributed by atoms with Gasteiger partial charge in [0, 0.05) is 24.1 Å². The summed E-state index contributed by atoms with van der Waals surface area (Å²) in [5, 5.41) is 0. The molecule has 0 amide bonds. The first-order chi connectivity index (χ1) is 8.83. The lowest BCUT2D eigenvalue weighted by Crippen LogP contribution is -2.37. The van der Waals surface area contributed by atoms with Crippen LogP contribution in [0, 0.1) is 0 Å². The van der Waals surface area contributed by atoms with Crippen molar-refractivity contribution in [3.63, 3.8) is 0 Å². The van der Waals surface area contributed by atoms with Crippen LogP contribution in [0.5, 0.6) is 0 Å². The van der Waals surface area contributed by atoms with E-state index < -0.39 is 0 Å². The van der Waals surface area contributed by atoms with Gasteiger partial charge in [-0.2, -0.15) is 4.57 Å². The third kappa shape index (κ3) is 2.75. The summed E-state index contributed by atoms with van der Waals surface area (Å²) in [6, 6.07) is 16.5. The molecule has 2 aromatic rings. The van der Waals surface area contributed by atoms with E-state index in [1.54, 1.807) is 0 Å². The van der Waals surface area contributed by atoms with E-state index in [1.165, 1.54) is 0 Å². The average molecular weight is 236 g/mol. The monoisotopic (exact) mass is 236 g/mol. The second-order valence-electron chi connectivity index (χ2n) is 4.20. The molecule has 1 nitrogen and oxygen atoms in total. The van der Waals surface area contributed by atoms with Gasteiger partial charge in [0.15, 0.2) is 12.7 Å². The van der Waals surface area contributed by atoms with Gasteiger partial charge in [-0.25, -0.2) is 0 Å². The van der Waals surface area contributed by atoms with Crippen LogP contribution in [0.1, 0.15) is 17.7 Å². The highest BCUT2D eigenvalue weighted by molar-refractivity contribution is 5.74. The number of hydrogen-bond donors (Lipinski definition) is 0. The molecule has 0 aliphatic heterocycles. The molecule has 0 aliphatic carbocycles. The quantitative estimate of drug-likeness (QED) is 0.551. The summed E-state index contributed by atoms with van der Waals surface area (Å²) in [6.07, 6.45) is 4.99. The van der Waals surface area contributed by atoms with E-state index in [4.69, 9.17) is 0 Å². The molecule has 2 rings (SSSR count). The van der Waals surface area contributed by atoms with Crippen LogP contribution < -0.4 is 4.57 Å². The number of rotatable bonds is 5. The Kier molecular flexibility index (Phi) is 4.08. The maximum Gasteiger partial charge on any atom is 0.212 e. The maximum absolute atomic E-state index is 4.22. The summed E-state index contributed by atoms with van der Waals surface area (Å²) < 4.78 is 2.22. The zero-order chi connectivity index (χ0) is 12.8. The van der Waals surface area contributed by atoms with Gasteiger partial charge < -0.3 is 0 Å². The smallest absolute Gasteiger partial charge is 0.198 e. The van der Waals surface area contributed by atoms with Gasteiger partial charge >= 0.3 is 0 Å². The maximum atomic E-state index is 4.22. The Morgan fingerprint density at radius 3 is 2.50 bits per heavy atom. The minimum atomic E-state index is 0.936. The Labute approximate surface area is 109 Å². The van der Waals surface area contributed by atoms with Crippen LogP contribution in [0.15, 0.2) is 74.0 Å². The molecule has 0 bridgehead atoms. The summed E-state index contributed by atoms with van der Waals surface area (Å²) in [7, 11) is 0. The van der Waals surface area contributed by atoms with Gasteiger partial charge in [-0.15, -0.1) is 6.58 Å². The predicted octanol–water partition coefficient (Wildman–Crippen LogP) is 3.61. The first-order valence-corrected chi connectivity index (χ1v) is 6.17. The fraction of sp³-hybridized carbons (Fsp3) is 0.118. The van der Waals surface area contributed by atoms with Crippen molar-refractivity contribution in [1.82, 2.24) is 0 Å². The lowest BCUT2D eigenvalue weighted by atomic mass is 10.0. The highest BCUT2D eigenvalue weighted by Crippen LogP contribution is 2.17. The molecule has 0 spiro atoms. The second-order valence-corrected chi connectivity index (χ2v) is 4.20. The molecule has 1 aromatic heterocycles. The lowest BCUT2D eigenvalue weighted by molar-refractivity contribution is -0.698. The lowest BCUT2D eigenvalue weighted by Gasteiger charge is -2.06. The van der Waals surface area contributed by atoms with E-state index in [2.05, 4.69) is 42.1 Å². The Hall–Kier alpha value is -2.15. The van der Waals surface area contributed by atoms with Crippen molar-refractivity contribution in [2.24, 2.45) is 0 Å². The van der Waals surface area contributed by atoms with Gasteiger partial charge in [-0.3, -0.25) is 0 Å². The molecule has 0 aliphatic rings. The molecule has 0 fully saturated rings. The summed E-state index contributed by atoms with van der Waals surface area (Å²) in [4.78, 5) is 0.